The van der Waals surface area contributed by atoms with Crippen LogP contribution in [0.3, 0.4) is 0 Å². The van der Waals surface area contributed by atoms with Gasteiger partial charge < -0.3 is 10.6 Å². The van der Waals surface area contributed by atoms with Crippen LogP contribution in [0.25, 0.3) is 0 Å². The normalized spacial score (nSPS) is 23.9. The van der Waals surface area contributed by atoms with E-state index in [0.29, 0.717) is 12.6 Å². The molecule has 0 spiro atoms. The maximum atomic E-state index is 12.1. The van der Waals surface area contributed by atoms with Crippen LogP contribution in [0.4, 0.5) is 0 Å². The third-order valence-corrected chi connectivity index (χ3v) is 3.56. The molecule has 1 aromatic rings. The topological polar surface area (TPSA) is 59.0 Å². The lowest BCUT2D eigenvalue weighted by atomic mass is 9.92. The molecule has 100 valence electrons. The van der Waals surface area contributed by atoms with Crippen LogP contribution in [0.2, 0.25) is 0 Å². The minimum atomic E-state index is 0.151. The van der Waals surface area contributed by atoms with Gasteiger partial charge in [0, 0.05) is 37.3 Å². The third-order valence-electron chi connectivity index (χ3n) is 3.56. The van der Waals surface area contributed by atoms with Crippen molar-refractivity contribution in [3.8, 4) is 0 Å². The zero-order valence-electron chi connectivity index (χ0n) is 11.4. The van der Waals surface area contributed by atoms with Crippen LogP contribution in [-0.2, 0) is 18.4 Å². The first-order chi connectivity index (χ1) is 8.56. The molecule has 0 radical (unpaired) electrons. The summed E-state index contributed by atoms with van der Waals surface area (Å²) in [4.78, 5) is 12.1. The molecule has 1 saturated heterocycles. The lowest BCUT2D eigenvalue weighted by Crippen LogP contribution is -2.42. The summed E-state index contributed by atoms with van der Waals surface area (Å²) in [6, 6.07) is 0.439. The Kier molecular flexibility index (Phi) is 4.01. The number of carbonyl (C=O) groups excluding carboxylic acids is 1. The minimum Gasteiger partial charge on any atom is -0.352 e. The van der Waals surface area contributed by atoms with Crippen molar-refractivity contribution in [2.75, 3.05) is 6.54 Å². The quantitative estimate of drug-likeness (QED) is 0.831. The highest BCUT2D eigenvalue weighted by Crippen LogP contribution is 2.16. The third kappa shape index (κ3) is 3.10. The monoisotopic (exact) mass is 250 g/mol. The highest BCUT2D eigenvalue weighted by atomic mass is 16.1. The zero-order valence-corrected chi connectivity index (χ0v) is 11.4. The van der Waals surface area contributed by atoms with E-state index in [2.05, 4.69) is 22.7 Å². The van der Waals surface area contributed by atoms with E-state index in [1.165, 1.54) is 0 Å². The van der Waals surface area contributed by atoms with Gasteiger partial charge in [0.2, 0.25) is 5.91 Å². The molecule has 1 fully saturated rings. The number of hydrogen-bond donors (Lipinski definition) is 2. The van der Waals surface area contributed by atoms with Gasteiger partial charge in [-0.3, -0.25) is 9.48 Å². The molecule has 2 heterocycles. The summed E-state index contributed by atoms with van der Waals surface area (Å²) >= 11 is 0. The number of piperidine rings is 1. The van der Waals surface area contributed by atoms with E-state index in [0.717, 1.165) is 30.6 Å². The van der Waals surface area contributed by atoms with E-state index in [1.54, 1.807) is 4.68 Å². The van der Waals surface area contributed by atoms with Crippen LogP contribution in [-0.4, -0.2) is 28.3 Å². The standard InChI is InChI=1S/C13H22N4O/c1-9-6-11(4-5-14-9)13(18)15-7-12-8-17(3)16-10(12)2/h8-9,11,14H,4-7H2,1-3H3,(H,15,18). The van der Waals surface area contributed by atoms with Gasteiger partial charge in [-0.05, 0) is 33.2 Å². The first-order valence-electron chi connectivity index (χ1n) is 6.56. The fourth-order valence-corrected chi connectivity index (χ4v) is 2.52. The molecule has 0 bridgehead atoms. The van der Waals surface area contributed by atoms with Gasteiger partial charge in [0.1, 0.15) is 0 Å². The van der Waals surface area contributed by atoms with E-state index >= 15 is 0 Å². The Morgan fingerprint density at radius 2 is 2.44 bits per heavy atom. The fourth-order valence-electron chi connectivity index (χ4n) is 2.52. The fraction of sp³-hybridized carbons (Fsp3) is 0.692. The summed E-state index contributed by atoms with van der Waals surface area (Å²) in [7, 11) is 1.90. The molecule has 1 aliphatic heterocycles. The maximum Gasteiger partial charge on any atom is 0.223 e. The average Bonchev–Trinajstić information content (AvgIpc) is 2.65. The second-order valence-electron chi connectivity index (χ2n) is 5.21. The summed E-state index contributed by atoms with van der Waals surface area (Å²) in [6.07, 6.45) is 3.82. The predicted octanol–water partition coefficient (Wildman–Crippen LogP) is 0.733. The largest absolute Gasteiger partial charge is 0.352 e. The molecular weight excluding hydrogens is 228 g/mol. The number of nitrogens with one attached hydrogen (secondary N) is 2. The Morgan fingerprint density at radius 3 is 3.06 bits per heavy atom. The molecule has 5 heteroatoms. The molecule has 0 saturated carbocycles. The van der Waals surface area contributed by atoms with Gasteiger partial charge in [-0.15, -0.1) is 0 Å². The van der Waals surface area contributed by atoms with E-state index in [4.69, 9.17) is 0 Å². The zero-order chi connectivity index (χ0) is 13.1. The molecule has 2 N–H and O–H groups in total. The molecule has 1 aliphatic rings. The summed E-state index contributed by atoms with van der Waals surface area (Å²) in [5, 5.41) is 10.7. The minimum absolute atomic E-state index is 0.151. The second-order valence-corrected chi connectivity index (χ2v) is 5.21. The van der Waals surface area contributed by atoms with Crippen LogP contribution in [0, 0.1) is 12.8 Å². The number of carbonyl (C=O) groups is 1. The van der Waals surface area contributed by atoms with Crippen molar-refractivity contribution >= 4 is 5.91 Å². The van der Waals surface area contributed by atoms with Crippen LogP contribution in [0.5, 0.6) is 0 Å². The maximum absolute atomic E-state index is 12.1. The van der Waals surface area contributed by atoms with E-state index in [1.807, 2.05) is 20.2 Å². The predicted molar refractivity (Wildman–Crippen MR) is 70.0 cm³/mol. The highest BCUT2D eigenvalue weighted by molar-refractivity contribution is 5.78. The first kappa shape index (κ1) is 13.1. The van der Waals surface area contributed by atoms with E-state index < -0.39 is 0 Å². The van der Waals surface area contributed by atoms with Gasteiger partial charge >= 0.3 is 0 Å². The van der Waals surface area contributed by atoms with Crippen molar-refractivity contribution in [2.45, 2.75) is 39.3 Å². The highest BCUT2D eigenvalue weighted by Gasteiger charge is 2.24. The summed E-state index contributed by atoms with van der Waals surface area (Å²) in [5.41, 5.74) is 2.07. The van der Waals surface area contributed by atoms with Crippen molar-refractivity contribution in [1.29, 1.82) is 0 Å². The molecule has 5 nitrogen and oxygen atoms in total. The van der Waals surface area contributed by atoms with Crippen molar-refractivity contribution in [3.05, 3.63) is 17.5 Å². The van der Waals surface area contributed by atoms with Crippen LogP contribution in [0.1, 0.15) is 31.0 Å². The van der Waals surface area contributed by atoms with Crippen molar-refractivity contribution in [2.24, 2.45) is 13.0 Å². The van der Waals surface area contributed by atoms with Gasteiger partial charge in [-0.1, -0.05) is 0 Å². The number of nitrogens with zero attached hydrogens (tertiary/aromatic N) is 2. The molecule has 1 aromatic heterocycles. The summed E-state index contributed by atoms with van der Waals surface area (Å²) in [5.74, 6) is 0.324. The number of aromatic nitrogens is 2. The SMILES string of the molecule is Cc1nn(C)cc1CNC(=O)C1CCNC(C)C1. The van der Waals surface area contributed by atoms with Crippen molar-refractivity contribution in [3.63, 3.8) is 0 Å². The molecule has 2 rings (SSSR count). The molecule has 0 aliphatic carbocycles. The van der Waals surface area contributed by atoms with E-state index in [9.17, 15) is 4.79 Å². The molecule has 18 heavy (non-hydrogen) atoms. The smallest absolute Gasteiger partial charge is 0.223 e. The van der Waals surface area contributed by atoms with Gasteiger partial charge in [0.25, 0.3) is 0 Å². The van der Waals surface area contributed by atoms with E-state index in [-0.39, 0.29) is 11.8 Å². The van der Waals surface area contributed by atoms with Gasteiger partial charge in [-0.25, -0.2) is 0 Å². The van der Waals surface area contributed by atoms with Crippen LogP contribution >= 0.6 is 0 Å². The van der Waals surface area contributed by atoms with Crippen LogP contribution < -0.4 is 10.6 Å². The number of rotatable bonds is 3. The summed E-state index contributed by atoms with van der Waals surface area (Å²) < 4.78 is 1.78. The Labute approximate surface area is 108 Å². The lowest BCUT2D eigenvalue weighted by Gasteiger charge is -2.27. The number of amides is 1. The Morgan fingerprint density at radius 1 is 1.67 bits per heavy atom. The van der Waals surface area contributed by atoms with Crippen molar-refractivity contribution < 1.29 is 4.79 Å². The molecular formula is C13H22N4O. The molecule has 2 unspecified atom stereocenters. The molecule has 2 atom stereocenters. The Hall–Kier alpha value is -1.36. The van der Waals surface area contributed by atoms with Gasteiger partial charge in [-0.2, -0.15) is 5.10 Å². The summed E-state index contributed by atoms with van der Waals surface area (Å²) in [6.45, 7) is 5.61. The Bertz CT molecular complexity index is 427. The lowest BCUT2D eigenvalue weighted by molar-refractivity contribution is -0.126. The average molecular weight is 250 g/mol. The number of aryl methyl sites for hydroxylation is 2. The van der Waals surface area contributed by atoms with Gasteiger partial charge in [0.15, 0.2) is 0 Å². The van der Waals surface area contributed by atoms with Crippen molar-refractivity contribution in [1.82, 2.24) is 20.4 Å². The molecule has 1 amide bonds. The second kappa shape index (κ2) is 5.52. The Balaban J connectivity index is 1.86. The van der Waals surface area contributed by atoms with Gasteiger partial charge in [0.05, 0.1) is 5.69 Å². The number of hydrogen-bond acceptors (Lipinski definition) is 3. The van der Waals surface area contributed by atoms with Crippen LogP contribution in [0.15, 0.2) is 6.20 Å². The molecule has 0 aromatic carbocycles. The first-order valence-corrected chi connectivity index (χ1v) is 6.56.